The van der Waals surface area contributed by atoms with E-state index in [1.54, 1.807) is 17.0 Å². The zero-order chi connectivity index (χ0) is 22.9. The van der Waals surface area contributed by atoms with Gasteiger partial charge in [0.15, 0.2) is 11.5 Å². The normalized spacial score (nSPS) is 20.9. The van der Waals surface area contributed by atoms with Crippen LogP contribution in [-0.4, -0.2) is 44.3 Å². The van der Waals surface area contributed by atoms with Gasteiger partial charge in [0, 0.05) is 48.8 Å². The molecule has 3 aliphatic rings. The maximum atomic E-state index is 12.9. The topological polar surface area (TPSA) is 86.3 Å². The Hall–Kier alpha value is -3.42. The molecule has 3 aliphatic heterocycles. The van der Waals surface area contributed by atoms with Crippen molar-refractivity contribution in [3.05, 3.63) is 41.5 Å². The highest BCUT2D eigenvalue weighted by atomic mass is 16.6. The van der Waals surface area contributed by atoms with E-state index in [0.717, 1.165) is 29.0 Å². The third kappa shape index (κ3) is 4.29. The van der Waals surface area contributed by atoms with Crippen LogP contribution in [0, 0.1) is 5.92 Å². The van der Waals surface area contributed by atoms with Crippen LogP contribution in [0.4, 0.5) is 5.69 Å². The maximum Gasteiger partial charge on any atom is 0.227 e. The van der Waals surface area contributed by atoms with Crippen molar-refractivity contribution in [2.24, 2.45) is 5.92 Å². The zero-order valence-corrected chi connectivity index (χ0v) is 18.9. The van der Waals surface area contributed by atoms with E-state index in [-0.39, 0.29) is 24.3 Å². The molecule has 8 nitrogen and oxygen atoms in total. The van der Waals surface area contributed by atoms with Crippen LogP contribution in [0.15, 0.2) is 30.3 Å². The van der Waals surface area contributed by atoms with Crippen molar-refractivity contribution in [3.8, 4) is 23.0 Å². The highest BCUT2D eigenvalue weighted by molar-refractivity contribution is 6.00. The highest BCUT2D eigenvalue weighted by Gasteiger charge is 2.35. The number of anilines is 1. The first-order valence-corrected chi connectivity index (χ1v) is 11.4. The number of amides is 2. The van der Waals surface area contributed by atoms with Gasteiger partial charge in [0.2, 0.25) is 11.8 Å². The van der Waals surface area contributed by atoms with Gasteiger partial charge in [-0.25, -0.2) is 0 Å². The summed E-state index contributed by atoms with van der Waals surface area (Å²) in [6.07, 6.45) is 1.15. The van der Waals surface area contributed by atoms with Crippen LogP contribution in [0.3, 0.4) is 0 Å². The molecule has 0 radical (unpaired) electrons. The van der Waals surface area contributed by atoms with E-state index >= 15 is 0 Å². The molecular formula is C25H28N2O6. The van der Waals surface area contributed by atoms with Gasteiger partial charge in [0.05, 0.1) is 12.5 Å². The molecule has 0 aromatic heterocycles. The second-order valence-corrected chi connectivity index (χ2v) is 8.58. The van der Waals surface area contributed by atoms with Crippen LogP contribution in [0.25, 0.3) is 0 Å². The van der Waals surface area contributed by atoms with Gasteiger partial charge in [-0.05, 0) is 38.1 Å². The van der Waals surface area contributed by atoms with Crippen molar-refractivity contribution in [1.82, 2.24) is 5.32 Å². The molecule has 2 atom stereocenters. The molecule has 5 rings (SSSR count). The summed E-state index contributed by atoms with van der Waals surface area (Å²) in [7, 11) is 0. The van der Waals surface area contributed by atoms with Crippen molar-refractivity contribution in [3.63, 3.8) is 0 Å². The van der Waals surface area contributed by atoms with Gasteiger partial charge in [-0.2, -0.15) is 0 Å². The molecule has 3 heterocycles. The Balaban J connectivity index is 1.25. The van der Waals surface area contributed by atoms with Gasteiger partial charge in [-0.3, -0.25) is 9.59 Å². The van der Waals surface area contributed by atoms with Gasteiger partial charge in [-0.15, -0.1) is 0 Å². The van der Waals surface area contributed by atoms with Gasteiger partial charge in [-0.1, -0.05) is 0 Å². The Morgan fingerprint density at radius 3 is 2.76 bits per heavy atom. The largest absolute Gasteiger partial charge is 0.494 e. The summed E-state index contributed by atoms with van der Waals surface area (Å²) in [6, 6.07) is 9.38. The van der Waals surface area contributed by atoms with Gasteiger partial charge < -0.3 is 29.2 Å². The van der Waals surface area contributed by atoms with Crippen LogP contribution in [0.2, 0.25) is 0 Å². The predicted molar refractivity (Wildman–Crippen MR) is 121 cm³/mol. The summed E-state index contributed by atoms with van der Waals surface area (Å²) in [6.45, 7) is 6.14. The molecule has 2 amide bonds. The fourth-order valence-corrected chi connectivity index (χ4v) is 4.57. The Morgan fingerprint density at radius 2 is 1.94 bits per heavy atom. The minimum absolute atomic E-state index is 0.0817. The molecule has 0 saturated carbocycles. The Labute approximate surface area is 192 Å². The molecule has 0 unspecified atom stereocenters. The number of benzene rings is 2. The minimum Gasteiger partial charge on any atom is -0.494 e. The first-order valence-electron chi connectivity index (χ1n) is 11.4. The molecule has 174 valence electrons. The molecular weight excluding hydrogens is 424 g/mol. The molecule has 2 aromatic rings. The summed E-state index contributed by atoms with van der Waals surface area (Å²) >= 11 is 0. The Kier molecular flexibility index (Phi) is 5.74. The smallest absolute Gasteiger partial charge is 0.227 e. The van der Waals surface area contributed by atoms with E-state index in [4.69, 9.17) is 18.9 Å². The number of carbonyl (C=O) groups is 2. The van der Waals surface area contributed by atoms with E-state index in [1.165, 1.54) is 0 Å². The van der Waals surface area contributed by atoms with Gasteiger partial charge in [0.1, 0.15) is 30.8 Å². The standard InChI is InChI=1S/C25H28N2O6/c1-3-30-21-9-16-8-15(2)33-22(16)10-17(21)13-26-25(29)18-11-24(28)27(14-18)19-4-5-20-23(12-19)32-7-6-31-20/h4-5,9-10,12,15,18H,3,6-8,11,13-14H2,1-2H3,(H,26,29)/t15-,18+/m0/s1. The lowest BCUT2D eigenvalue weighted by Gasteiger charge is -2.22. The second-order valence-electron chi connectivity index (χ2n) is 8.58. The average Bonchev–Trinajstić information content (AvgIpc) is 3.38. The van der Waals surface area contributed by atoms with E-state index in [9.17, 15) is 9.59 Å². The minimum atomic E-state index is -0.424. The quantitative estimate of drug-likeness (QED) is 0.726. The molecule has 1 saturated heterocycles. The van der Waals surface area contributed by atoms with Crippen molar-refractivity contribution < 1.29 is 28.5 Å². The first kappa shape index (κ1) is 21.4. The lowest BCUT2D eigenvalue weighted by Crippen LogP contribution is -2.32. The van der Waals surface area contributed by atoms with E-state index in [1.807, 2.05) is 32.0 Å². The van der Waals surface area contributed by atoms with Crippen LogP contribution in [0.5, 0.6) is 23.0 Å². The fourth-order valence-electron chi connectivity index (χ4n) is 4.57. The van der Waals surface area contributed by atoms with Crippen molar-refractivity contribution in [2.45, 2.75) is 39.3 Å². The highest BCUT2D eigenvalue weighted by Crippen LogP contribution is 2.37. The lowest BCUT2D eigenvalue weighted by molar-refractivity contribution is -0.126. The summed E-state index contributed by atoms with van der Waals surface area (Å²) in [4.78, 5) is 27.2. The zero-order valence-electron chi connectivity index (χ0n) is 18.9. The molecule has 0 bridgehead atoms. The van der Waals surface area contributed by atoms with Gasteiger partial charge in [0.25, 0.3) is 0 Å². The number of hydrogen-bond donors (Lipinski definition) is 1. The van der Waals surface area contributed by atoms with E-state index < -0.39 is 5.92 Å². The SMILES string of the molecule is CCOc1cc2c(cc1CNC(=O)[C@@H]1CC(=O)N(c3ccc4c(c3)OCCO4)C1)O[C@@H](C)C2. The van der Waals surface area contributed by atoms with Crippen LogP contribution in [-0.2, 0) is 22.6 Å². The number of nitrogens with zero attached hydrogens (tertiary/aromatic N) is 1. The lowest BCUT2D eigenvalue weighted by atomic mass is 10.1. The summed E-state index contributed by atoms with van der Waals surface area (Å²) in [5, 5.41) is 2.99. The number of rotatable bonds is 6. The maximum absolute atomic E-state index is 12.9. The molecule has 1 N–H and O–H groups in total. The predicted octanol–water partition coefficient (Wildman–Crippen LogP) is 2.85. The van der Waals surface area contributed by atoms with Crippen LogP contribution in [0.1, 0.15) is 31.4 Å². The number of hydrogen-bond acceptors (Lipinski definition) is 6. The molecule has 2 aromatic carbocycles. The van der Waals surface area contributed by atoms with Crippen molar-refractivity contribution in [2.75, 3.05) is 31.3 Å². The Morgan fingerprint density at radius 1 is 1.12 bits per heavy atom. The summed E-state index contributed by atoms with van der Waals surface area (Å²) < 4.78 is 22.8. The van der Waals surface area contributed by atoms with Crippen molar-refractivity contribution in [1.29, 1.82) is 0 Å². The monoisotopic (exact) mass is 452 g/mol. The summed E-state index contributed by atoms with van der Waals surface area (Å²) in [5.41, 5.74) is 2.70. The third-order valence-corrected chi connectivity index (χ3v) is 6.17. The number of carbonyl (C=O) groups excluding carboxylic acids is 2. The number of nitrogens with one attached hydrogen (secondary N) is 1. The molecule has 1 fully saturated rings. The average molecular weight is 453 g/mol. The molecule has 0 spiro atoms. The first-order chi connectivity index (χ1) is 16.0. The molecule has 0 aliphatic carbocycles. The number of fused-ring (bicyclic) bond motifs is 2. The van der Waals surface area contributed by atoms with Crippen LogP contribution < -0.4 is 29.2 Å². The fraction of sp³-hybridized carbons (Fsp3) is 0.440. The van der Waals surface area contributed by atoms with Gasteiger partial charge >= 0.3 is 0 Å². The molecule has 8 heteroatoms. The van der Waals surface area contributed by atoms with Crippen LogP contribution >= 0.6 is 0 Å². The van der Waals surface area contributed by atoms with Crippen molar-refractivity contribution >= 4 is 17.5 Å². The number of ether oxygens (including phenoxy) is 4. The third-order valence-electron chi connectivity index (χ3n) is 6.17. The Bertz CT molecular complexity index is 1080. The second kappa shape index (κ2) is 8.84. The van der Waals surface area contributed by atoms with E-state index in [0.29, 0.717) is 50.1 Å². The molecule has 33 heavy (non-hydrogen) atoms. The summed E-state index contributed by atoms with van der Waals surface area (Å²) in [5.74, 6) is 2.24. The van der Waals surface area contributed by atoms with E-state index in [2.05, 4.69) is 5.32 Å².